The van der Waals surface area contributed by atoms with E-state index < -0.39 is 0 Å². The summed E-state index contributed by atoms with van der Waals surface area (Å²) < 4.78 is 10.9. The minimum atomic E-state index is -0.118. The van der Waals surface area contributed by atoms with E-state index in [0.29, 0.717) is 51.4 Å². The van der Waals surface area contributed by atoms with Crippen LogP contribution in [0.25, 0.3) is 0 Å². The van der Waals surface area contributed by atoms with Crippen molar-refractivity contribution in [3.8, 4) is 5.75 Å². The van der Waals surface area contributed by atoms with Gasteiger partial charge in [-0.1, -0.05) is 32.9 Å². The number of carbonyl (C=O) groups is 2. The minimum absolute atomic E-state index is 0.113. The van der Waals surface area contributed by atoms with Crippen molar-refractivity contribution in [2.24, 2.45) is 0 Å². The number of hydrogen-bond acceptors (Lipinski definition) is 4. The zero-order chi connectivity index (χ0) is 20.9. The molecule has 0 unspecified atom stereocenters. The van der Waals surface area contributed by atoms with Gasteiger partial charge < -0.3 is 19.0 Å². The van der Waals surface area contributed by atoms with Crippen molar-refractivity contribution in [3.05, 3.63) is 54.0 Å². The quantitative estimate of drug-likeness (QED) is 0.696. The van der Waals surface area contributed by atoms with Crippen LogP contribution in [-0.2, 0) is 10.2 Å². The van der Waals surface area contributed by atoms with E-state index >= 15 is 0 Å². The molecule has 1 aromatic carbocycles. The van der Waals surface area contributed by atoms with Crippen LogP contribution in [0.5, 0.6) is 5.75 Å². The Bertz CT molecular complexity index is 798. The van der Waals surface area contributed by atoms with Crippen LogP contribution in [0.3, 0.4) is 0 Å². The highest BCUT2D eigenvalue weighted by Gasteiger charge is 2.25. The summed E-state index contributed by atoms with van der Waals surface area (Å²) in [6.07, 6.45) is 2.62. The summed E-state index contributed by atoms with van der Waals surface area (Å²) >= 11 is 0. The van der Waals surface area contributed by atoms with E-state index in [-0.39, 0.29) is 17.2 Å². The summed E-state index contributed by atoms with van der Waals surface area (Å²) in [6, 6.07) is 11.5. The molecule has 0 atom stereocenters. The smallest absolute Gasteiger partial charge is 0.289 e. The number of amides is 2. The predicted octanol–water partition coefficient (Wildman–Crippen LogP) is 3.72. The van der Waals surface area contributed by atoms with E-state index in [9.17, 15) is 9.59 Å². The van der Waals surface area contributed by atoms with Crippen LogP contribution >= 0.6 is 0 Å². The van der Waals surface area contributed by atoms with Gasteiger partial charge in [-0.25, -0.2) is 0 Å². The second-order valence-corrected chi connectivity index (χ2v) is 8.38. The average Bonchev–Trinajstić information content (AvgIpc) is 3.25. The van der Waals surface area contributed by atoms with Gasteiger partial charge in [-0.3, -0.25) is 9.59 Å². The molecule has 0 spiro atoms. The molecule has 0 saturated carbocycles. The Morgan fingerprint density at radius 3 is 2.24 bits per heavy atom. The first kappa shape index (κ1) is 21.0. The monoisotopic (exact) mass is 398 g/mol. The molecule has 2 heterocycles. The summed E-state index contributed by atoms with van der Waals surface area (Å²) in [5.41, 5.74) is 1.39. The lowest BCUT2D eigenvalue weighted by molar-refractivity contribution is -0.132. The fourth-order valence-electron chi connectivity index (χ4n) is 3.34. The van der Waals surface area contributed by atoms with Gasteiger partial charge in [-0.15, -0.1) is 0 Å². The normalized spacial score (nSPS) is 14.7. The number of rotatable bonds is 6. The van der Waals surface area contributed by atoms with E-state index in [0.717, 1.165) is 5.75 Å². The Hall–Kier alpha value is -2.76. The van der Waals surface area contributed by atoms with Gasteiger partial charge in [0.1, 0.15) is 5.75 Å². The molecule has 2 aromatic rings. The third kappa shape index (κ3) is 5.62. The van der Waals surface area contributed by atoms with Gasteiger partial charge in [0.2, 0.25) is 5.91 Å². The Balaban J connectivity index is 1.36. The lowest BCUT2D eigenvalue weighted by Gasteiger charge is -2.34. The first-order chi connectivity index (χ1) is 13.8. The molecule has 3 rings (SSSR count). The lowest BCUT2D eigenvalue weighted by atomic mass is 9.87. The molecular weight excluding hydrogens is 368 g/mol. The minimum Gasteiger partial charge on any atom is -0.494 e. The molecule has 1 fully saturated rings. The highest BCUT2D eigenvalue weighted by molar-refractivity contribution is 5.91. The Morgan fingerprint density at radius 1 is 1.00 bits per heavy atom. The third-order valence-corrected chi connectivity index (χ3v) is 5.18. The second-order valence-electron chi connectivity index (χ2n) is 8.38. The standard InChI is InChI=1S/C23H30N2O4/c1-23(2,3)18-8-10-19(11-9-18)28-16-5-7-21(26)24-12-14-25(15-13-24)22(27)20-6-4-17-29-20/h4,6,8-11,17H,5,7,12-16H2,1-3H3. The first-order valence-electron chi connectivity index (χ1n) is 10.2. The van der Waals surface area contributed by atoms with Crippen molar-refractivity contribution < 1.29 is 18.7 Å². The van der Waals surface area contributed by atoms with Crippen molar-refractivity contribution in [3.63, 3.8) is 0 Å². The first-order valence-corrected chi connectivity index (χ1v) is 10.2. The van der Waals surface area contributed by atoms with E-state index in [1.54, 1.807) is 17.0 Å². The summed E-state index contributed by atoms with van der Waals surface area (Å²) in [5, 5.41) is 0. The molecule has 156 valence electrons. The van der Waals surface area contributed by atoms with Crippen molar-refractivity contribution in [1.29, 1.82) is 0 Å². The van der Waals surface area contributed by atoms with Crippen molar-refractivity contribution in [1.82, 2.24) is 9.80 Å². The molecule has 1 saturated heterocycles. The van der Waals surface area contributed by atoms with Gasteiger partial charge in [0, 0.05) is 32.6 Å². The molecule has 29 heavy (non-hydrogen) atoms. The zero-order valence-electron chi connectivity index (χ0n) is 17.5. The summed E-state index contributed by atoms with van der Waals surface area (Å²) in [5.74, 6) is 1.17. The number of piperazine rings is 1. The number of benzene rings is 1. The Kier molecular flexibility index (Phi) is 6.62. The fourth-order valence-corrected chi connectivity index (χ4v) is 3.34. The van der Waals surface area contributed by atoms with Crippen LogP contribution in [0, 0.1) is 0 Å². The van der Waals surface area contributed by atoms with Crippen LogP contribution < -0.4 is 4.74 Å². The molecule has 6 nitrogen and oxygen atoms in total. The number of hydrogen-bond donors (Lipinski definition) is 0. The van der Waals surface area contributed by atoms with Crippen LogP contribution in [0.4, 0.5) is 0 Å². The molecule has 0 bridgehead atoms. The maximum absolute atomic E-state index is 12.4. The van der Waals surface area contributed by atoms with Crippen LogP contribution in [-0.4, -0.2) is 54.4 Å². The molecule has 6 heteroatoms. The highest BCUT2D eigenvalue weighted by atomic mass is 16.5. The van der Waals surface area contributed by atoms with Gasteiger partial charge in [0.25, 0.3) is 5.91 Å². The van der Waals surface area contributed by atoms with E-state index in [1.807, 2.05) is 17.0 Å². The third-order valence-electron chi connectivity index (χ3n) is 5.18. The predicted molar refractivity (Wildman–Crippen MR) is 111 cm³/mol. The topological polar surface area (TPSA) is 63.0 Å². The molecule has 1 aliphatic heterocycles. The second kappa shape index (κ2) is 9.16. The molecule has 2 amide bonds. The SMILES string of the molecule is CC(C)(C)c1ccc(OCCCC(=O)N2CCN(C(=O)c3ccco3)CC2)cc1. The number of furan rings is 1. The van der Waals surface area contributed by atoms with Gasteiger partial charge in [-0.2, -0.15) is 0 Å². The molecule has 0 aliphatic carbocycles. The van der Waals surface area contributed by atoms with Crippen LogP contribution in [0.15, 0.2) is 47.1 Å². The summed E-state index contributed by atoms with van der Waals surface area (Å²) in [6.45, 7) is 9.23. The largest absolute Gasteiger partial charge is 0.494 e. The fraction of sp³-hybridized carbons (Fsp3) is 0.478. The van der Waals surface area contributed by atoms with E-state index in [4.69, 9.17) is 9.15 Å². The van der Waals surface area contributed by atoms with Gasteiger partial charge in [0.05, 0.1) is 12.9 Å². The zero-order valence-corrected chi connectivity index (χ0v) is 17.5. The van der Waals surface area contributed by atoms with Crippen LogP contribution in [0.1, 0.15) is 49.7 Å². The summed E-state index contributed by atoms with van der Waals surface area (Å²) in [4.78, 5) is 28.2. The molecular formula is C23H30N2O4. The maximum Gasteiger partial charge on any atom is 0.289 e. The molecule has 1 aromatic heterocycles. The van der Waals surface area contributed by atoms with E-state index in [1.165, 1.54) is 11.8 Å². The van der Waals surface area contributed by atoms with E-state index in [2.05, 4.69) is 32.9 Å². The number of ether oxygens (including phenoxy) is 1. The van der Waals surface area contributed by atoms with Crippen molar-refractivity contribution in [2.45, 2.75) is 39.0 Å². The number of nitrogens with zero attached hydrogens (tertiary/aromatic N) is 2. The number of carbonyl (C=O) groups excluding carboxylic acids is 2. The molecule has 0 N–H and O–H groups in total. The Labute approximate surface area is 172 Å². The van der Waals surface area contributed by atoms with Crippen LogP contribution in [0.2, 0.25) is 0 Å². The Morgan fingerprint density at radius 2 is 1.66 bits per heavy atom. The maximum atomic E-state index is 12.4. The highest BCUT2D eigenvalue weighted by Crippen LogP contribution is 2.24. The van der Waals surface area contributed by atoms with Crippen molar-refractivity contribution in [2.75, 3.05) is 32.8 Å². The van der Waals surface area contributed by atoms with Gasteiger partial charge in [-0.05, 0) is 41.7 Å². The molecule has 1 aliphatic rings. The average molecular weight is 399 g/mol. The molecule has 0 radical (unpaired) electrons. The van der Waals surface area contributed by atoms with Gasteiger partial charge in [0.15, 0.2) is 5.76 Å². The van der Waals surface area contributed by atoms with Gasteiger partial charge >= 0.3 is 0 Å². The van der Waals surface area contributed by atoms with Crippen molar-refractivity contribution >= 4 is 11.8 Å². The summed E-state index contributed by atoms with van der Waals surface area (Å²) in [7, 11) is 0. The lowest BCUT2D eigenvalue weighted by Crippen LogP contribution is -2.50.